The minimum Gasteiger partial charge on any atom is -0.478 e. The third-order valence-corrected chi connectivity index (χ3v) is 3.20. The molecule has 0 unspecified atom stereocenters. The number of carboxylic acids is 1. The molecule has 20 heavy (non-hydrogen) atoms. The van der Waals surface area contributed by atoms with E-state index >= 15 is 0 Å². The van der Waals surface area contributed by atoms with Crippen LogP contribution in [0.15, 0.2) is 18.2 Å². The van der Waals surface area contributed by atoms with Crippen molar-refractivity contribution in [3.8, 4) is 0 Å². The lowest BCUT2D eigenvalue weighted by Gasteiger charge is -2.07. The van der Waals surface area contributed by atoms with E-state index in [0.717, 1.165) is 18.9 Å². The molecule has 0 spiro atoms. The van der Waals surface area contributed by atoms with E-state index in [-0.39, 0.29) is 12.2 Å². The van der Waals surface area contributed by atoms with E-state index in [9.17, 15) is 9.18 Å². The molecule has 4 heteroatoms. The number of rotatable bonds is 10. The van der Waals surface area contributed by atoms with Gasteiger partial charge in [-0.15, -0.1) is 0 Å². The van der Waals surface area contributed by atoms with E-state index < -0.39 is 11.8 Å². The molecular weight excluding hydrogens is 259 g/mol. The highest BCUT2D eigenvalue weighted by atomic mass is 19.1. The van der Waals surface area contributed by atoms with Crippen molar-refractivity contribution in [1.29, 1.82) is 0 Å². The Morgan fingerprint density at radius 1 is 1.20 bits per heavy atom. The maximum absolute atomic E-state index is 13.1. The van der Waals surface area contributed by atoms with Crippen molar-refractivity contribution in [2.45, 2.75) is 52.1 Å². The number of aromatic carboxylic acids is 1. The Kier molecular flexibility index (Phi) is 7.88. The number of hydrogen-bond acceptors (Lipinski definition) is 2. The quantitative estimate of drug-likeness (QED) is 0.647. The molecule has 112 valence electrons. The van der Waals surface area contributed by atoms with Gasteiger partial charge in [-0.3, -0.25) is 0 Å². The molecular formula is C16H23FO3. The molecule has 0 aliphatic heterocycles. The summed E-state index contributed by atoms with van der Waals surface area (Å²) in [7, 11) is 0. The van der Waals surface area contributed by atoms with Crippen LogP contribution in [0.25, 0.3) is 0 Å². The minimum atomic E-state index is -1.05. The molecule has 0 atom stereocenters. The van der Waals surface area contributed by atoms with Crippen LogP contribution in [0, 0.1) is 5.82 Å². The lowest BCUT2D eigenvalue weighted by molar-refractivity contribution is 0.0686. The van der Waals surface area contributed by atoms with Gasteiger partial charge in [0, 0.05) is 6.61 Å². The molecule has 1 N–H and O–H groups in total. The van der Waals surface area contributed by atoms with Crippen LogP contribution in [-0.2, 0) is 11.3 Å². The third-order valence-electron chi connectivity index (χ3n) is 3.20. The van der Waals surface area contributed by atoms with Crippen LogP contribution in [0.2, 0.25) is 0 Å². The van der Waals surface area contributed by atoms with Crippen LogP contribution in [-0.4, -0.2) is 17.7 Å². The fourth-order valence-corrected chi connectivity index (χ4v) is 2.06. The zero-order chi connectivity index (χ0) is 14.8. The van der Waals surface area contributed by atoms with Gasteiger partial charge in [0.1, 0.15) is 5.82 Å². The van der Waals surface area contributed by atoms with Crippen LogP contribution in [0.3, 0.4) is 0 Å². The molecule has 0 radical (unpaired) electrons. The fourth-order valence-electron chi connectivity index (χ4n) is 2.06. The summed E-state index contributed by atoms with van der Waals surface area (Å²) >= 11 is 0. The molecule has 0 aromatic heterocycles. The zero-order valence-corrected chi connectivity index (χ0v) is 12.0. The highest BCUT2D eigenvalue weighted by Crippen LogP contribution is 2.13. The average molecular weight is 282 g/mol. The van der Waals surface area contributed by atoms with Gasteiger partial charge in [0.2, 0.25) is 0 Å². The lowest BCUT2D eigenvalue weighted by atomic mass is 10.1. The number of halogens is 1. The highest BCUT2D eigenvalue weighted by Gasteiger charge is 2.10. The predicted molar refractivity (Wildman–Crippen MR) is 76.4 cm³/mol. The van der Waals surface area contributed by atoms with Crippen LogP contribution >= 0.6 is 0 Å². The van der Waals surface area contributed by atoms with Crippen molar-refractivity contribution in [1.82, 2.24) is 0 Å². The number of unbranched alkanes of at least 4 members (excludes halogenated alkanes) is 5. The van der Waals surface area contributed by atoms with Gasteiger partial charge in [-0.1, -0.05) is 39.0 Å². The molecule has 1 aromatic carbocycles. The summed E-state index contributed by atoms with van der Waals surface area (Å²) in [6.45, 7) is 2.91. The van der Waals surface area contributed by atoms with Gasteiger partial charge in [0.15, 0.2) is 0 Å². The van der Waals surface area contributed by atoms with Crippen LogP contribution in [0.1, 0.15) is 61.4 Å². The second-order valence-electron chi connectivity index (χ2n) is 4.93. The SMILES string of the molecule is CCCCCCCCOCc1cc(F)ccc1C(=O)O. The number of benzene rings is 1. The molecule has 0 bridgehead atoms. The average Bonchev–Trinajstić information content (AvgIpc) is 2.41. The van der Waals surface area contributed by atoms with Crippen molar-refractivity contribution in [2.24, 2.45) is 0 Å². The van der Waals surface area contributed by atoms with Crippen molar-refractivity contribution >= 4 is 5.97 Å². The van der Waals surface area contributed by atoms with Crippen LogP contribution in [0.4, 0.5) is 4.39 Å². The summed E-state index contributed by atoms with van der Waals surface area (Å²) in [6.07, 6.45) is 7.04. The summed E-state index contributed by atoms with van der Waals surface area (Å²) in [5.74, 6) is -1.49. The first-order chi connectivity index (χ1) is 9.65. The monoisotopic (exact) mass is 282 g/mol. The molecule has 0 fully saturated rings. The first-order valence-electron chi connectivity index (χ1n) is 7.24. The number of carbonyl (C=O) groups is 1. The van der Waals surface area contributed by atoms with E-state index in [1.165, 1.54) is 37.8 Å². The van der Waals surface area contributed by atoms with Gasteiger partial charge in [0.05, 0.1) is 12.2 Å². The molecule has 0 aliphatic rings. The van der Waals surface area contributed by atoms with Crippen molar-refractivity contribution < 1.29 is 19.0 Å². The number of hydrogen-bond donors (Lipinski definition) is 1. The summed E-state index contributed by atoms with van der Waals surface area (Å²) in [6, 6.07) is 3.66. The van der Waals surface area contributed by atoms with Gasteiger partial charge >= 0.3 is 5.97 Å². The zero-order valence-electron chi connectivity index (χ0n) is 12.0. The molecule has 0 saturated carbocycles. The molecule has 0 aliphatic carbocycles. The normalized spacial score (nSPS) is 10.7. The largest absolute Gasteiger partial charge is 0.478 e. The Hall–Kier alpha value is -1.42. The van der Waals surface area contributed by atoms with Gasteiger partial charge in [-0.05, 0) is 30.2 Å². The van der Waals surface area contributed by atoms with E-state index in [2.05, 4.69) is 6.92 Å². The second kappa shape index (κ2) is 9.48. The first-order valence-corrected chi connectivity index (χ1v) is 7.24. The molecule has 3 nitrogen and oxygen atoms in total. The fraction of sp³-hybridized carbons (Fsp3) is 0.562. The highest BCUT2D eigenvalue weighted by molar-refractivity contribution is 5.89. The van der Waals surface area contributed by atoms with Crippen LogP contribution < -0.4 is 0 Å². The first kappa shape index (κ1) is 16.6. The number of ether oxygens (including phenoxy) is 1. The molecule has 0 heterocycles. The lowest BCUT2D eigenvalue weighted by Crippen LogP contribution is -2.05. The smallest absolute Gasteiger partial charge is 0.336 e. The van der Waals surface area contributed by atoms with Crippen molar-refractivity contribution in [3.05, 3.63) is 35.1 Å². The Morgan fingerprint density at radius 3 is 2.60 bits per heavy atom. The standard InChI is InChI=1S/C16H23FO3/c1-2-3-4-5-6-7-10-20-12-13-11-14(17)8-9-15(13)16(18)19/h8-9,11H,2-7,10,12H2,1H3,(H,18,19). The Morgan fingerprint density at radius 2 is 1.90 bits per heavy atom. The van der Waals surface area contributed by atoms with Crippen molar-refractivity contribution in [3.63, 3.8) is 0 Å². The second-order valence-corrected chi connectivity index (χ2v) is 4.93. The summed E-state index contributed by atoms with van der Waals surface area (Å²) in [5, 5.41) is 9.00. The van der Waals surface area contributed by atoms with E-state index in [1.54, 1.807) is 0 Å². The van der Waals surface area contributed by atoms with Gasteiger partial charge in [0.25, 0.3) is 0 Å². The summed E-state index contributed by atoms with van der Waals surface area (Å²) < 4.78 is 18.6. The van der Waals surface area contributed by atoms with Gasteiger partial charge in [-0.25, -0.2) is 9.18 Å². The summed E-state index contributed by atoms with van der Waals surface area (Å²) in [4.78, 5) is 11.0. The van der Waals surface area contributed by atoms with E-state index in [0.29, 0.717) is 12.2 Å². The molecule has 0 amide bonds. The van der Waals surface area contributed by atoms with Gasteiger partial charge in [-0.2, -0.15) is 0 Å². The van der Waals surface area contributed by atoms with Crippen molar-refractivity contribution in [2.75, 3.05) is 6.61 Å². The molecule has 1 aromatic rings. The molecule has 0 saturated heterocycles. The number of carboxylic acid groups (broad SMARTS) is 1. The topological polar surface area (TPSA) is 46.5 Å². The minimum absolute atomic E-state index is 0.106. The Bertz CT molecular complexity index is 418. The maximum Gasteiger partial charge on any atom is 0.336 e. The Balaban J connectivity index is 2.28. The van der Waals surface area contributed by atoms with E-state index in [4.69, 9.17) is 9.84 Å². The third kappa shape index (κ3) is 6.15. The Labute approximate surface area is 119 Å². The summed E-state index contributed by atoms with van der Waals surface area (Å²) in [5.41, 5.74) is 0.498. The van der Waals surface area contributed by atoms with Crippen LogP contribution in [0.5, 0.6) is 0 Å². The van der Waals surface area contributed by atoms with Gasteiger partial charge < -0.3 is 9.84 Å². The maximum atomic E-state index is 13.1. The molecule has 1 rings (SSSR count). The predicted octanol–water partition coefficient (Wildman–Crippen LogP) is 4.40. The van der Waals surface area contributed by atoms with E-state index in [1.807, 2.05) is 0 Å².